The van der Waals surface area contributed by atoms with Crippen molar-refractivity contribution in [1.82, 2.24) is 4.90 Å². The lowest BCUT2D eigenvalue weighted by Gasteiger charge is -2.35. The molecular formula is C19H19ClFN3O2. The normalized spacial score (nSPS) is 14.3. The average molecular weight is 376 g/mol. The SMILES string of the molecule is CC(=O)N1CCN(c2ccc(NC(=O)c3c(F)cccc3Cl)cc2)CC1. The summed E-state index contributed by atoms with van der Waals surface area (Å²) in [6.07, 6.45) is 0. The molecule has 2 amide bonds. The van der Waals surface area contributed by atoms with E-state index in [9.17, 15) is 14.0 Å². The highest BCUT2D eigenvalue weighted by Crippen LogP contribution is 2.23. The summed E-state index contributed by atoms with van der Waals surface area (Å²) >= 11 is 5.92. The summed E-state index contributed by atoms with van der Waals surface area (Å²) < 4.78 is 13.8. The minimum atomic E-state index is -0.657. The standard InChI is InChI=1S/C19H19ClFN3O2/c1-13(25)23-9-11-24(12-10-23)15-7-5-14(6-8-15)22-19(26)18-16(20)3-2-4-17(18)21/h2-8H,9-12H2,1H3,(H,22,26). The number of piperazine rings is 1. The molecule has 0 spiro atoms. The van der Waals surface area contributed by atoms with Crippen LogP contribution in [0.2, 0.25) is 5.02 Å². The molecule has 0 radical (unpaired) electrons. The number of carbonyl (C=O) groups excluding carboxylic acids is 2. The minimum absolute atomic E-state index is 0.0717. The first kappa shape index (κ1) is 18.2. The fraction of sp³-hybridized carbons (Fsp3) is 0.263. The zero-order valence-corrected chi connectivity index (χ0v) is 15.1. The smallest absolute Gasteiger partial charge is 0.260 e. The Labute approximate surface area is 156 Å². The number of rotatable bonds is 3. The van der Waals surface area contributed by atoms with Gasteiger partial charge in [0.2, 0.25) is 5.91 Å². The molecule has 1 heterocycles. The van der Waals surface area contributed by atoms with Crippen LogP contribution < -0.4 is 10.2 Å². The van der Waals surface area contributed by atoms with Gasteiger partial charge in [-0.25, -0.2) is 4.39 Å². The summed E-state index contributed by atoms with van der Waals surface area (Å²) in [5.41, 5.74) is 1.40. The Bertz CT molecular complexity index is 798. The van der Waals surface area contributed by atoms with Gasteiger partial charge < -0.3 is 15.1 Å². The second-order valence-electron chi connectivity index (χ2n) is 6.09. The van der Waals surface area contributed by atoms with Crippen LogP contribution >= 0.6 is 11.6 Å². The summed E-state index contributed by atoms with van der Waals surface area (Å²) in [5, 5.41) is 2.73. The second-order valence-corrected chi connectivity index (χ2v) is 6.50. The number of anilines is 2. The van der Waals surface area contributed by atoms with Crippen molar-refractivity contribution in [2.45, 2.75) is 6.92 Å². The molecule has 1 N–H and O–H groups in total. The second kappa shape index (κ2) is 7.74. The van der Waals surface area contributed by atoms with Gasteiger partial charge >= 0.3 is 0 Å². The number of hydrogen-bond acceptors (Lipinski definition) is 3. The molecular weight excluding hydrogens is 357 g/mol. The van der Waals surface area contributed by atoms with Crippen LogP contribution in [-0.4, -0.2) is 42.9 Å². The highest BCUT2D eigenvalue weighted by atomic mass is 35.5. The molecule has 7 heteroatoms. The third kappa shape index (κ3) is 3.96. The van der Waals surface area contributed by atoms with Crippen LogP contribution in [0, 0.1) is 5.82 Å². The van der Waals surface area contributed by atoms with Gasteiger partial charge in [-0.2, -0.15) is 0 Å². The molecule has 0 unspecified atom stereocenters. The van der Waals surface area contributed by atoms with Crippen LogP contribution in [0.25, 0.3) is 0 Å². The van der Waals surface area contributed by atoms with E-state index >= 15 is 0 Å². The Morgan fingerprint density at radius 1 is 1.04 bits per heavy atom. The van der Waals surface area contributed by atoms with Crippen molar-refractivity contribution in [1.29, 1.82) is 0 Å². The van der Waals surface area contributed by atoms with Gasteiger partial charge in [0.1, 0.15) is 5.82 Å². The summed E-state index contributed by atoms with van der Waals surface area (Å²) in [6, 6.07) is 11.4. The lowest BCUT2D eigenvalue weighted by atomic mass is 10.2. The number of hydrogen-bond donors (Lipinski definition) is 1. The maximum absolute atomic E-state index is 13.8. The molecule has 0 saturated carbocycles. The maximum Gasteiger partial charge on any atom is 0.260 e. The van der Waals surface area contributed by atoms with Crippen LogP contribution in [0.5, 0.6) is 0 Å². The Kier molecular flexibility index (Phi) is 5.42. The quantitative estimate of drug-likeness (QED) is 0.894. The van der Waals surface area contributed by atoms with Crippen molar-refractivity contribution >= 4 is 34.8 Å². The zero-order chi connectivity index (χ0) is 18.7. The maximum atomic E-state index is 13.8. The first-order valence-corrected chi connectivity index (χ1v) is 8.69. The molecule has 2 aromatic carbocycles. The van der Waals surface area contributed by atoms with E-state index in [0.717, 1.165) is 18.8 Å². The number of halogens is 2. The van der Waals surface area contributed by atoms with Gasteiger partial charge in [-0.3, -0.25) is 9.59 Å². The predicted octanol–water partition coefficient (Wildman–Crippen LogP) is 3.40. The minimum Gasteiger partial charge on any atom is -0.368 e. The van der Waals surface area contributed by atoms with Gasteiger partial charge in [-0.05, 0) is 36.4 Å². The van der Waals surface area contributed by atoms with Crippen LogP contribution in [0.4, 0.5) is 15.8 Å². The predicted molar refractivity (Wildman–Crippen MR) is 100 cm³/mol. The molecule has 1 saturated heterocycles. The molecule has 0 bridgehead atoms. The molecule has 5 nitrogen and oxygen atoms in total. The lowest BCUT2D eigenvalue weighted by molar-refractivity contribution is -0.129. The summed E-state index contributed by atoms with van der Waals surface area (Å²) in [4.78, 5) is 27.6. The molecule has 26 heavy (non-hydrogen) atoms. The Hall–Kier alpha value is -2.60. The third-order valence-corrected chi connectivity index (χ3v) is 4.72. The van der Waals surface area contributed by atoms with Gasteiger partial charge in [0.05, 0.1) is 10.6 Å². The Morgan fingerprint density at radius 2 is 1.69 bits per heavy atom. The van der Waals surface area contributed by atoms with E-state index in [-0.39, 0.29) is 16.5 Å². The summed E-state index contributed by atoms with van der Waals surface area (Å²) in [7, 11) is 0. The van der Waals surface area contributed by atoms with Crippen LogP contribution in [-0.2, 0) is 4.79 Å². The number of carbonyl (C=O) groups is 2. The third-order valence-electron chi connectivity index (χ3n) is 4.41. The number of nitrogens with zero attached hydrogens (tertiary/aromatic N) is 2. The van der Waals surface area contributed by atoms with Crippen molar-refractivity contribution in [2.75, 3.05) is 36.4 Å². The first-order chi connectivity index (χ1) is 12.5. The molecule has 136 valence electrons. The molecule has 0 aliphatic carbocycles. The van der Waals surface area contributed by atoms with E-state index < -0.39 is 11.7 Å². The average Bonchev–Trinajstić information content (AvgIpc) is 2.62. The number of amides is 2. The van der Waals surface area contributed by atoms with E-state index in [1.54, 1.807) is 19.1 Å². The molecule has 2 aromatic rings. The Balaban J connectivity index is 1.65. The summed E-state index contributed by atoms with van der Waals surface area (Å²) in [6.45, 7) is 4.49. The monoisotopic (exact) mass is 375 g/mol. The highest BCUT2D eigenvalue weighted by Gasteiger charge is 2.19. The molecule has 0 aromatic heterocycles. The van der Waals surface area contributed by atoms with Gasteiger partial charge in [-0.15, -0.1) is 0 Å². The first-order valence-electron chi connectivity index (χ1n) is 8.31. The molecule has 1 aliphatic heterocycles. The van der Waals surface area contributed by atoms with Crippen molar-refractivity contribution in [3.63, 3.8) is 0 Å². The van der Waals surface area contributed by atoms with E-state index in [4.69, 9.17) is 11.6 Å². The zero-order valence-electron chi connectivity index (χ0n) is 14.3. The van der Waals surface area contributed by atoms with Gasteiger partial charge in [0, 0.05) is 44.5 Å². The lowest BCUT2D eigenvalue weighted by Crippen LogP contribution is -2.48. The Morgan fingerprint density at radius 3 is 2.27 bits per heavy atom. The van der Waals surface area contributed by atoms with Crippen molar-refractivity contribution in [3.05, 3.63) is 58.9 Å². The molecule has 0 atom stereocenters. The largest absolute Gasteiger partial charge is 0.368 e. The van der Waals surface area contributed by atoms with Crippen molar-refractivity contribution in [2.24, 2.45) is 0 Å². The van der Waals surface area contributed by atoms with Crippen LogP contribution in [0.15, 0.2) is 42.5 Å². The van der Waals surface area contributed by atoms with E-state index in [2.05, 4.69) is 10.2 Å². The molecule has 1 fully saturated rings. The van der Waals surface area contributed by atoms with E-state index in [0.29, 0.717) is 18.8 Å². The van der Waals surface area contributed by atoms with Crippen LogP contribution in [0.1, 0.15) is 17.3 Å². The fourth-order valence-electron chi connectivity index (χ4n) is 2.94. The van der Waals surface area contributed by atoms with E-state index in [1.165, 1.54) is 18.2 Å². The van der Waals surface area contributed by atoms with Crippen molar-refractivity contribution < 1.29 is 14.0 Å². The summed E-state index contributed by atoms with van der Waals surface area (Å²) in [5.74, 6) is -1.15. The van der Waals surface area contributed by atoms with Crippen LogP contribution in [0.3, 0.4) is 0 Å². The van der Waals surface area contributed by atoms with Gasteiger partial charge in [0.25, 0.3) is 5.91 Å². The number of nitrogens with one attached hydrogen (secondary N) is 1. The fourth-order valence-corrected chi connectivity index (χ4v) is 3.19. The topological polar surface area (TPSA) is 52.7 Å². The highest BCUT2D eigenvalue weighted by molar-refractivity contribution is 6.34. The molecule has 3 rings (SSSR count). The van der Waals surface area contributed by atoms with E-state index in [1.807, 2.05) is 17.0 Å². The molecule has 1 aliphatic rings. The van der Waals surface area contributed by atoms with Gasteiger partial charge in [0.15, 0.2) is 0 Å². The number of benzene rings is 2. The van der Waals surface area contributed by atoms with Gasteiger partial charge in [-0.1, -0.05) is 17.7 Å². The van der Waals surface area contributed by atoms with Crippen molar-refractivity contribution in [3.8, 4) is 0 Å².